The lowest BCUT2D eigenvalue weighted by Crippen LogP contribution is -2.43. The predicted molar refractivity (Wildman–Crippen MR) is 91.2 cm³/mol. The molecule has 6 heteroatoms. The lowest BCUT2D eigenvalue weighted by molar-refractivity contribution is -0.0294. The van der Waals surface area contributed by atoms with Gasteiger partial charge in [0.15, 0.2) is 0 Å². The van der Waals surface area contributed by atoms with Crippen LogP contribution in [0.1, 0.15) is 18.9 Å². The number of rotatable bonds is 6. The van der Waals surface area contributed by atoms with E-state index in [0.29, 0.717) is 18.0 Å². The number of likely N-dealkylation sites (N-methyl/N-ethyl adjacent to an activating group) is 1. The number of nitrogens with one attached hydrogen (secondary N) is 2. The van der Waals surface area contributed by atoms with Crippen molar-refractivity contribution in [2.75, 3.05) is 45.2 Å². The van der Waals surface area contributed by atoms with E-state index in [2.05, 4.69) is 22.5 Å². The quantitative estimate of drug-likeness (QED) is 0.843. The Balaban J connectivity index is 1.76. The van der Waals surface area contributed by atoms with Crippen LogP contribution in [-0.2, 0) is 4.74 Å². The molecular weight excluding hydrogens is 294 g/mol. The largest absolute Gasteiger partial charge is 0.495 e. The Hall–Kier alpha value is -1.79. The summed E-state index contributed by atoms with van der Waals surface area (Å²) < 4.78 is 11.0. The van der Waals surface area contributed by atoms with E-state index in [1.54, 1.807) is 7.11 Å². The smallest absolute Gasteiger partial charge is 0.319 e. The summed E-state index contributed by atoms with van der Waals surface area (Å²) in [5, 5.41) is 5.71. The van der Waals surface area contributed by atoms with Crippen LogP contribution in [0.2, 0.25) is 0 Å². The number of carbonyl (C=O) groups is 1. The van der Waals surface area contributed by atoms with Gasteiger partial charge in [-0.3, -0.25) is 4.90 Å². The third-order valence-electron chi connectivity index (χ3n) is 4.03. The summed E-state index contributed by atoms with van der Waals surface area (Å²) >= 11 is 0. The van der Waals surface area contributed by atoms with Crippen molar-refractivity contribution in [2.45, 2.75) is 26.4 Å². The number of urea groups is 1. The first-order valence-corrected chi connectivity index (χ1v) is 8.15. The van der Waals surface area contributed by atoms with Gasteiger partial charge in [0.1, 0.15) is 5.75 Å². The van der Waals surface area contributed by atoms with Gasteiger partial charge in [-0.2, -0.15) is 0 Å². The molecule has 0 saturated carbocycles. The van der Waals surface area contributed by atoms with Crippen LogP contribution in [0.3, 0.4) is 0 Å². The van der Waals surface area contributed by atoms with E-state index in [1.807, 2.05) is 25.1 Å². The van der Waals surface area contributed by atoms with Crippen molar-refractivity contribution in [1.82, 2.24) is 10.2 Å². The molecule has 1 aromatic carbocycles. The molecule has 2 N–H and O–H groups in total. The number of benzene rings is 1. The molecule has 1 aliphatic heterocycles. The Labute approximate surface area is 138 Å². The van der Waals surface area contributed by atoms with E-state index in [1.165, 1.54) is 0 Å². The van der Waals surface area contributed by atoms with Crippen molar-refractivity contribution >= 4 is 11.7 Å². The molecule has 0 radical (unpaired) electrons. The SMILES string of the molecule is CCN1CCO[C@@H](CCNC(=O)Nc2cc(C)ccc2OC)C1. The molecule has 0 unspecified atom stereocenters. The second kappa shape index (κ2) is 8.74. The Morgan fingerprint density at radius 1 is 1.48 bits per heavy atom. The Morgan fingerprint density at radius 2 is 2.30 bits per heavy atom. The minimum atomic E-state index is -0.225. The zero-order valence-corrected chi connectivity index (χ0v) is 14.2. The number of hydrogen-bond acceptors (Lipinski definition) is 4. The van der Waals surface area contributed by atoms with Gasteiger partial charge in [-0.1, -0.05) is 13.0 Å². The second-order valence-corrected chi connectivity index (χ2v) is 5.76. The summed E-state index contributed by atoms with van der Waals surface area (Å²) in [6.07, 6.45) is 1.01. The second-order valence-electron chi connectivity index (χ2n) is 5.76. The van der Waals surface area contributed by atoms with Gasteiger partial charge < -0.3 is 20.1 Å². The lowest BCUT2D eigenvalue weighted by atomic mass is 10.2. The number of carbonyl (C=O) groups excluding carboxylic acids is 1. The highest BCUT2D eigenvalue weighted by Crippen LogP contribution is 2.24. The summed E-state index contributed by atoms with van der Waals surface area (Å²) in [6, 6.07) is 5.46. The third kappa shape index (κ3) is 5.41. The van der Waals surface area contributed by atoms with Gasteiger partial charge in [0.05, 0.1) is 25.5 Å². The van der Waals surface area contributed by atoms with Gasteiger partial charge in [0.25, 0.3) is 0 Å². The van der Waals surface area contributed by atoms with Crippen LogP contribution >= 0.6 is 0 Å². The summed E-state index contributed by atoms with van der Waals surface area (Å²) in [5.41, 5.74) is 1.74. The molecule has 1 aliphatic rings. The number of ether oxygens (including phenoxy) is 2. The first-order valence-electron chi connectivity index (χ1n) is 8.15. The lowest BCUT2D eigenvalue weighted by Gasteiger charge is -2.32. The van der Waals surface area contributed by atoms with E-state index in [4.69, 9.17) is 9.47 Å². The first-order chi connectivity index (χ1) is 11.1. The van der Waals surface area contributed by atoms with Crippen LogP contribution in [0, 0.1) is 6.92 Å². The molecule has 23 heavy (non-hydrogen) atoms. The van der Waals surface area contributed by atoms with Gasteiger partial charge in [-0.05, 0) is 37.6 Å². The normalized spacial score (nSPS) is 18.5. The van der Waals surface area contributed by atoms with Gasteiger partial charge >= 0.3 is 6.03 Å². The maximum atomic E-state index is 12.0. The number of methoxy groups -OCH3 is 1. The molecular formula is C17H27N3O3. The zero-order valence-electron chi connectivity index (χ0n) is 14.2. The average Bonchev–Trinajstić information content (AvgIpc) is 2.55. The molecule has 1 fully saturated rings. The zero-order chi connectivity index (χ0) is 16.7. The van der Waals surface area contributed by atoms with Crippen LogP contribution in [0.15, 0.2) is 18.2 Å². The number of amides is 2. The number of morpholine rings is 1. The molecule has 1 saturated heterocycles. The fourth-order valence-corrected chi connectivity index (χ4v) is 2.67. The van der Waals surface area contributed by atoms with Crippen molar-refractivity contribution < 1.29 is 14.3 Å². The minimum Gasteiger partial charge on any atom is -0.495 e. The number of nitrogens with zero attached hydrogens (tertiary/aromatic N) is 1. The van der Waals surface area contributed by atoms with E-state index in [9.17, 15) is 4.79 Å². The highest BCUT2D eigenvalue weighted by molar-refractivity contribution is 5.91. The van der Waals surface area contributed by atoms with Crippen LogP contribution in [0.4, 0.5) is 10.5 Å². The molecule has 6 nitrogen and oxygen atoms in total. The van der Waals surface area contributed by atoms with Gasteiger partial charge in [0.2, 0.25) is 0 Å². The van der Waals surface area contributed by atoms with Crippen LogP contribution in [0.5, 0.6) is 5.75 Å². The summed E-state index contributed by atoms with van der Waals surface area (Å²) in [4.78, 5) is 14.4. The van der Waals surface area contributed by atoms with Gasteiger partial charge in [0, 0.05) is 19.6 Å². The van der Waals surface area contributed by atoms with E-state index < -0.39 is 0 Å². The molecule has 1 atom stereocenters. The highest BCUT2D eigenvalue weighted by atomic mass is 16.5. The fraction of sp³-hybridized carbons (Fsp3) is 0.588. The minimum absolute atomic E-state index is 0.192. The van der Waals surface area contributed by atoms with Crippen LogP contribution in [0.25, 0.3) is 0 Å². The summed E-state index contributed by atoms with van der Waals surface area (Å²) in [6.45, 7) is 8.46. The number of aryl methyl sites for hydroxylation is 1. The average molecular weight is 321 g/mol. The summed E-state index contributed by atoms with van der Waals surface area (Å²) in [5.74, 6) is 0.653. The summed E-state index contributed by atoms with van der Waals surface area (Å²) in [7, 11) is 1.59. The molecule has 0 bridgehead atoms. The van der Waals surface area contributed by atoms with Crippen molar-refractivity contribution in [2.24, 2.45) is 0 Å². The van der Waals surface area contributed by atoms with Crippen LogP contribution < -0.4 is 15.4 Å². The Bertz CT molecular complexity index is 522. The molecule has 1 heterocycles. The monoisotopic (exact) mass is 321 g/mol. The van der Waals surface area contributed by atoms with Gasteiger partial charge in [-0.25, -0.2) is 4.79 Å². The van der Waals surface area contributed by atoms with E-state index >= 15 is 0 Å². The Kier molecular flexibility index (Phi) is 6.67. The molecule has 128 valence electrons. The third-order valence-corrected chi connectivity index (χ3v) is 4.03. The fourth-order valence-electron chi connectivity index (χ4n) is 2.67. The van der Waals surface area contributed by atoms with Crippen molar-refractivity contribution in [1.29, 1.82) is 0 Å². The molecule has 0 spiro atoms. The van der Waals surface area contributed by atoms with E-state index in [0.717, 1.165) is 38.2 Å². The van der Waals surface area contributed by atoms with Crippen molar-refractivity contribution in [3.05, 3.63) is 23.8 Å². The molecule has 2 rings (SSSR count). The molecule has 1 aromatic rings. The van der Waals surface area contributed by atoms with Crippen molar-refractivity contribution in [3.8, 4) is 5.75 Å². The van der Waals surface area contributed by atoms with E-state index in [-0.39, 0.29) is 12.1 Å². The maximum absolute atomic E-state index is 12.0. The molecule has 2 amide bonds. The molecule has 0 aliphatic carbocycles. The Morgan fingerprint density at radius 3 is 3.04 bits per heavy atom. The maximum Gasteiger partial charge on any atom is 0.319 e. The number of anilines is 1. The first kappa shape index (κ1) is 17.6. The topological polar surface area (TPSA) is 62.8 Å². The standard InChI is InChI=1S/C17H27N3O3/c1-4-20-9-10-23-14(12-20)7-8-18-17(21)19-15-11-13(2)5-6-16(15)22-3/h5-6,11,14H,4,7-10,12H2,1-3H3,(H2,18,19,21)/t14-/m0/s1. The number of hydrogen-bond donors (Lipinski definition) is 2. The predicted octanol–water partition coefficient (Wildman–Crippen LogP) is 2.24. The highest BCUT2D eigenvalue weighted by Gasteiger charge is 2.19. The molecule has 0 aromatic heterocycles. The van der Waals surface area contributed by atoms with Gasteiger partial charge in [-0.15, -0.1) is 0 Å². The van der Waals surface area contributed by atoms with Crippen LogP contribution in [-0.4, -0.2) is 56.9 Å². The van der Waals surface area contributed by atoms with Crippen molar-refractivity contribution in [3.63, 3.8) is 0 Å².